The minimum absolute atomic E-state index is 0.105. The van der Waals surface area contributed by atoms with Crippen LogP contribution in [0.1, 0.15) is 24.2 Å². The third-order valence-corrected chi connectivity index (χ3v) is 2.77. The minimum Gasteiger partial charge on any atom is -0.432 e. The lowest BCUT2D eigenvalue weighted by Crippen LogP contribution is -1.96. The standard InChI is InChI=1S/C14H14N2O4/c1-9-3-5-13(12(7-9)16(18)19)20-14-6-4-11(8-15-14)10(2)17/h3-8,10,17H,1-2H3/t10-/m1/s1. The Bertz CT molecular complexity index is 624. The van der Waals surface area contributed by atoms with E-state index in [-0.39, 0.29) is 17.3 Å². The van der Waals surface area contributed by atoms with Crippen molar-refractivity contribution in [2.24, 2.45) is 0 Å². The van der Waals surface area contributed by atoms with Gasteiger partial charge in [-0.15, -0.1) is 0 Å². The minimum atomic E-state index is -0.620. The van der Waals surface area contributed by atoms with Crippen molar-refractivity contribution in [2.75, 3.05) is 0 Å². The van der Waals surface area contributed by atoms with E-state index in [0.29, 0.717) is 5.56 Å². The maximum Gasteiger partial charge on any atom is 0.311 e. The highest BCUT2D eigenvalue weighted by molar-refractivity contribution is 5.49. The summed E-state index contributed by atoms with van der Waals surface area (Å²) >= 11 is 0. The van der Waals surface area contributed by atoms with Crippen molar-refractivity contribution in [3.63, 3.8) is 0 Å². The van der Waals surface area contributed by atoms with Crippen LogP contribution >= 0.6 is 0 Å². The van der Waals surface area contributed by atoms with Crippen LogP contribution < -0.4 is 4.74 Å². The number of hydrogen-bond acceptors (Lipinski definition) is 5. The van der Waals surface area contributed by atoms with E-state index < -0.39 is 11.0 Å². The van der Waals surface area contributed by atoms with Crippen molar-refractivity contribution in [1.29, 1.82) is 0 Å². The highest BCUT2D eigenvalue weighted by Crippen LogP contribution is 2.31. The van der Waals surface area contributed by atoms with E-state index in [9.17, 15) is 15.2 Å². The van der Waals surface area contributed by atoms with Crippen LogP contribution in [0.15, 0.2) is 36.5 Å². The molecule has 2 aromatic rings. The zero-order chi connectivity index (χ0) is 14.7. The second kappa shape index (κ2) is 5.66. The molecule has 1 heterocycles. The van der Waals surface area contributed by atoms with E-state index in [4.69, 9.17) is 4.74 Å². The smallest absolute Gasteiger partial charge is 0.311 e. The van der Waals surface area contributed by atoms with E-state index in [0.717, 1.165) is 5.56 Å². The summed E-state index contributed by atoms with van der Waals surface area (Å²) in [5.41, 5.74) is 1.32. The molecule has 0 saturated carbocycles. The Morgan fingerprint density at radius 2 is 2.10 bits per heavy atom. The van der Waals surface area contributed by atoms with E-state index >= 15 is 0 Å². The zero-order valence-electron chi connectivity index (χ0n) is 11.1. The molecule has 0 aliphatic carbocycles. The fourth-order valence-electron chi connectivity index (χ4n) is 1.67. The van der Waals surface area contributed by atoms with E-state index in [1.54, 1.807) is 32.0 Å². The quantitative estimate of drug-likeness (QED) is 0.683. The van der Waals surface area contributed by atoms with Crippen molar-refractivity contribution in [3.8, 4) is 11.6 Å². The van der Waals surface area contributed by atoms with Crippen LogP contribution in [-0.4, -0.2) is 15.0 Å². The van der Waals surface area contributed by atoms with Gasteiger partial charge < -0.3 is 9.84 Å². The summed E-state index contributed by atoms with van der Waals surface area (Å²) in [6, 6.07) is 7.93. The van der Waals surface area contributed by atoms with Gasteiger partial charge in [0.15, 0.2) is 0 Å². The third kappa shape index (κ3) is 3.10. The lowest BCUT2D eigenvalue weighted by Gasteiger charge is -2.08. The summed E-state index contributed by atoms with van der Waals surface area (Å²) in [4.78, 5) is 14.5. The van der Waals surface area contributed by atoms with Crippen molar-refractivity contribution in [1.82, 2.24) is 4.98 Å². The molecule has 0 spiro atoms. The Morgan fingerprint density at radius 1 is 1.35 bits per heavy atom. The first-order valence-electron chi connectivity index (χ1n) is 6.04. The molecule has 104 valence electrons. The van der Waals surface area contributed by atoms with Gasteiger partial charge in [0.2, 0.25) is 11.6 Å². The Hall–Kier alpha value is -2.47. The first-order valence-corrected chi connectivity index (χ1v) is 6.04. The summed E-state index contributed by atoms with van der Waals surface area (Å²) in [5.74, 6) is 0.374. The molecular weight excluding hydrogens is 260 g/mol. The van der Waals surface area contributed by atoms with Crippen LogP contribution in [0.3, 0.4) is 0 Å². The van der Waals surface area contributed by atoms with Crippen molar-refractivity contribution in [3.05, 3.63) is 57.8 Å². The molecule has 1 N–H and O–H groups in total. The summed E-state index contributed by atoms with van der Waals surface area (Å²) < 4.78 is 5.43. The van der Waals surface area contributed by atoms with E-state index in [1.165, 1.54) is 18.3 Å². The number of nitrogens with zero attached hydrogens (tertiary/aromatic N) is 2. The van der Waals surface area contributed by atoms with Gasteiger partial charge in [0.25, 0.3) is 0 Å². The first kappa shape index (κ1) is 14.0. The zero-order valence-corrected chi connectivity index (χ0v) is 11.1. The van der Waals surface area contributed by atoms with Gasteiger partial charge in [0.05, 0.1) is 11.0 Å². The average molecular weight is 274 g/mol. The van der Waals surface area contributed by atoms with Gasteiger partial charge in [-0.3, -0.25) is 10.1 Å². The van der Waals surface area contributed by atoms with Gasteiger partial charge in [0, 0.05) is 18.3 Å². The fourth-order valence-corrected chi connectivity index (χ4v) is 1.67. The Kier molecular flexibility index (Phi) is 3.95. The first-order chi connectivity index (χ1) is 9.47. The van der Waals surface area contributed by atoms with Crippen LogP contribution in [0.4, 0.5) is 5.69 Å². The van der Waals surface area contributed by atoms with E-state index in [1.807, 2.05) is 0 Å². The van der Waals surface area contributed by atoms with Gasteiger partial charge in [-0.05, 0) is 37.1 Å². The topological polar surface area (TPSA) is 85.5 Å². The molecule has 1 aromatic carbocycles. The highest BCUT2D eigenvalue weighted by atomic mass is 16.6. The second-order valence-electron chi connectivity index (χ2n) is 4.44. The molecule has 0 aliphatic heterocycles. The molecule has 2 rings (SSSR count). The largest absolute Gasteiger partial charge is 0.432 e. The normalized spacial score (nSPS) is 11.9. The molecule has 0 amide bonds. The number of benzene rings is 1. The molecular formula is C14H14N2O4. The fraction of sp³-hybridized carbons (Fsp3) is 0.214. The lowest BCUT2D eigenvalue weighted by molar-refractivity contribution is -0.385. The van der Waals surface area contributed by atoms with Crippen molar-refractivity contribution >= 4 is 5.69 Å². The third-order valence-electron chi connectivity index (χ3n) is 2.77. The number of aliphatic hydroxyl groups is 1. The monoisotopic (exact) mass is 274 g/mol. The van der Waals surface area contributed by atoms with Gasteiger partial charge in [-0.1, -0.05) is 6.07 Å². The predicted octanol–water partition coefficient (Wildman–Crippen LogP) is 3.14. The Balaban J connectivity index is 2.28. The maximum atomic E-state index is 11.0. The van der Waals surface area contributed by atoms with Crippen LogP contribution in [0.5, 0.6) is 11.6 Å². The van der Waals surface area contributed by atoms with Gasteiger partial charge in [-0.2, -0.15) is 0 Å². The molecule has 0 radical (unpaired) electrons. The number of ether oxygens (including phenoxy) is 1. The van der Waals surface area contributed by atoms with Crippen molar-refractivity contribution in [2.45, 2.75) is 20.0 Å². The second-order valence-corrected chi connectivity index (χ2v) is 4.44. The lowest BCUT2D eigenvalue weighted by atomic mass is 10.2. The average Bonchev–Trinajstić information content (AvgIpc) is 2.41. The molecule has 0 unspecified atom stereocenters. The molecule has 0 aliphatic rings. The summed E-state index contributed by atoms with van der Waals surface area (Å²) in [6.45, 7) is 3.40. The van der Waals surface area contributed by atoms with Crippen molar-refractivity contribution < 1.29 is 14.8 Å². The predicted molar refractivity (Wildman–Crippen MR) is 72.8 cm³/mol. The maximum absolute atomic E-state index is 11.0. The Labute approximate surface area is 115 Å². The van der Waals surface area contributed by atoms with Gasteiger partial charge in [0.1, 0.15) is 0 Å². The van der Waals surface area contributed by atoms with Crippen LogP contribution in [0, 0.1) is 17.0 Å². The van der Waals surface area contributed by atoms with Gasteiger partial charge in [-0.25, -0.2) is 4.98 Å². The molecule has 1 aromatic heterocycles. The molecule has 0 fully saturated rings. The number of nitro groups is 1. The molecule has 1 atom stereocenters. The van der Waals surface area contributed by atoms with Crippen LogP contribution in [0.2, 0.25) is 0 Å². The molecule has 6 nitrogen and oxygen atoms in total. The number of rotatable bonds is 4. The van der Waals surface area contributed by atoms with Gasteiger partial charge >= 0.3 is 5.69 Å². The number of aliphatic hydroxyl groups excluding tert-OH is 1. The molecule has 0 saturated heterocycles. The number of nitro benzene ring substituents is 1. The molecule has 20 heavy (non-hydrogen) atoms. The number of aryl methyl sites for hydroxylation is 1. The number of hydrogen-bond donors (Lipinski definition) is 1. The summed E-state index contributed by atoms with van der Waals surface area (Å²) in [5, 5.41) is 20.4. The Morgan fingerprint density at radius 3 is 2.65 bits per heavy atom. The number of pyridine rings is 1. The SMILES string of the molecule is Cc1ccc(Oc2ccc([C@@H](C)O)cn2)c([N+](=O)[O-])c1. The van der Waals surface area contributed by atoms with E-state index in [2.05, 4.69) is 4.98 Å². The van der Waals surface area contributed by atoms with Crippen LogP contribution in [-0.2, 0) is 0 Å². The molecule has 0 bridgehead atoms. The summed E-state index contributed by atoms with van der Waals surface area (Å²) in [6.07, 6.45) is 0.852. The van der Waals surface area contributed by atoms with Crippen LogP contribution in [0.25, 0.3) is 0 Å². The highest BCUT2D eigenvalue weighted by Gasteiger charge is 2.16. The molecule has 6 heteroatoms. The number of aromatic nitrogens is 1. The summed E-state index contributed by atoms with van der Waals surface area (Å²) in [7, 11) is 0.